The van der Waals surface area contributed by atoms with Gasteiger partial charge in [-0.05, 0) is 23.2 Å². The van der Waals surface area contributed by atoms with E-state index in [-0.39, 0.29) is 6.61 Å². The first-order chi connectivity index (χ1) is 9.21. The number of azide groups is 1. The standard InChI is InChI=1S/C12H17N3O4/c1-18-10-4-2-9(3-5-10)7-19-8-12(17)11(6-16)14-15-13/h2-5,11-12,16-17H,6-8H2,1H3/t11-,12-/m0/s1. The Morgan fingerprint density at radius 2 is 2.05 bits per heavy atom. The normalized spacial score (nSPS) is 13.4. The SMILES string of the molecule is COc1ccc(COC[C@H](O)[C@H](CO)N=[N+]=[N-])cc1. The van der Waals surface area contributed by atoms with Crippen LogP contribution in [0, 0.1) is 0 Å². The Bertz CT molecular complexity index is 417. The third-order valence-electron chi connectivity index (χ3n) is 2.55. The number of hydrogen-bond donors (Lipinski definition) is 2. The van der Waals surface area contributed by atoms with E-state index in [1.165, 1.54) is 0 Å². The van der Waals surface area contributed by atoms with Crippen LogP contribution in [0.4, 0.5) is 0 Å². The first-order valence-electron chi connectivity index (χ1n) is 5.75. The van der Waals surface area contributed by atoms with Crippen LogP contribution in [-0.2, 0) is 11.3 Å². The summed E-state index contributed by atoms with van der Waals surface area (Å²) in [7, 11) is 1.59. The number of hydrogen-bond acceptors (Lipinski definition) is 5. The average Bonchev–Trinajstić information content (AvgIpc) is 2.45. The van der Waals surface area contributed by atoms with Gasteiger partial charge in [0.15, 0.2) is 0 Å². The van der Waals surface area contributed by atoms with Crippen LogP contribution in [-0.4, -0.2) is 42.7 Å². The number of rotatable bonds is 8. The lowest BCUT2D eigenvalue weighted by Crippen LogP contribution is -2.31. The predicted octanol–water partition coefficient (Wildman–Crippen LogP) is 1.24. The topological polar surface area (TPSA) is 108 Å². The zero-order chi connectivity index (χ0) is 14.1. The van der Waals surface area contributed by atoms with Crippen molar-refractivity contribution in [1.29, 1.82) is 0 Å². The predicted molar refractivity (Wildman–Crippen MR) is 68.7 cm³/mol. The van der Waals surface area contributed by atoms with Crippen LogP contribution in [0.3, 0.4) is 0 Å². The maximum Gasteiger partial charge on any atom is 0.118 e. The molecule has 0 saturated heterocycles. The fourth-order valence-electron chi connectivity index (χ4n) is 1.43. The lowest BCUT2D eigenvalue weighted by molar-refractivity contribution is 0.00626. The summed E-state index contributed by atoms with van der Waals surface area (Å²) in [6.45, 7) is -0.122. The summed E-state index contributed by atoms with van der Waals surface area (Å²) in [4.78, 5) is 2.55. The van der Waals surface area contributed by atoms with Crippen molar-refractivity contribution >= 4 is 0 Å². The Morgan fingerprint density at radius 3 is 2.58 bits per heavy atom. The van der Waals surface area contributed by atoms with Gasteiger partial charge in [0.05, 0.1) is 39.1 Å². The molecule has 0 heterocycles. The molecule has 1 rings (SSSR count). The van der Waals surface area contributed by atoms with Gasteiger partial charge in [0.1, 0.15) is 5.75 Å². The number of nitrogens with zero attached hydrogens (tertiary/aromatic N) is 3. The number of aliphatic hydroxyl groups excluding tert-OH is 2. The van der Waals surface area contributed by atoms with E-state index in [2.05, 4.69) is 10.0 Å². The molecule has 2 N–H and O–H groups in total. The molecule has 0 amide bonds. The molecule has 0 unspecified atom stereocenters. The molecule has 19 heavy (non-hydrogen) atoms. The van der Waals surface area contributed by atoms with Crippen LogP contribution in [0.5, 0.6) is 5.75 Å². The monoisotopic (exact) mass is 267 g/mol. The van der Waals surface area contributed by atoms with Crippen LogP contribution < -0.4 is 4.74 Å². The fourth-order valence-corrected chi connectivity index (χ4v) is 1.43. The molecule has 1 aromatic rings. The highest BCUT2D eigenvalue weighted by molar-refractivity contribution is 5.26. The fraction of sp³-hybridized carbons (Fsp3) is 0.500. The van der Waals surface area contributed by atoms with Gasteiger partial charge < -0.3 is 19.7 Å². The van der Waals surface area contributed by atoms with E-state index in [1.54, 1.807) is 7.11 Å². The van der Waals surface area contributed by atoms with Crippen molar-refractivity contribution in [3.05, 3.63) is 40.3 Å². The van der Waals surface area contributed by atoms with Gasteiger partial charge in [0, 0.05) is 4.91 Å². The molecule has 0 fully saturated rings. The molecular formula is C12H17N3O4. The highest BCUT2D eigenvalue weighted by Gasteiger charge is 2.16. The molecule has 0 aromatic heterocycles. The highest BCUT2D eigenvalue weighted by Crippen LogP contribution is 2.12. The van der Waals surface area contributed by atoms with Crippen LogP contribution in [0.15, 0.2) is 29.4 Å². The highest BCUT2D eigenvalue weighted by atomic mass is 16.5. The van der Waals surface area contributed by atoms with Gasteiger partial charge in [-0.15, -0.1) is 0 Å². The zero-order valence-electron chi connectivity index (χ0n) is 10.6. The maximum atomic E-state index is 9.63. The number of ether oxygens (including phenoxy) is 2. The molecule has 7 nitrogen and oxygen atoms in total. The largest absolute Gasteiger partial charge is 0.497 e. The summed E-state index contributed by atoms with van der Waals surface area (Å²) in [5.74, 6) is 0.757. The molecule has 1 aromatic carbocycles. The molecule has 104 valence electrons. The van der Waals surface area contributed by atoms with Gasteiger partial charge in [0.25, 0.3) is 0 Å². The van der Waals surface area contributed by atoms with E-state index < -0.39 is 18.8 Å². The Balaban J connectivity index is 2.38. The molecule has 0 saturated carbocycles. The van der Waals surface area contributed by atoms with E-state index in [0.717, 1.165) is 11.3 Å². The molecule has 2 atom stereocenters. The molecule has 0 bridgehead atoms. The Hall–Kier alpha value is -1.79. The minimum Gasteiger partial charge on any atom is -0.497 e. The average molecular weight is 267 g/mol. The van der Waals surface area contributed by atoms with E-state index in [4.69, 9.17) is 20.1 Å². The Kier molecular flexibility index (Phi) is 6.70. The molecule has 0 spiro atoms. The summed E-state index contributed by atoms with van der Waals surface area (Å²) in [5, 5.41) is 21.8. The molecule has 0 radical (unpaired) electrons. The van der Waals surface area contributed by atoms with E-state index in [9.17, 15) is 5.11 Å². The molecule has 0 aliphatic heterocycles. The van der Waals surface area contributed by atoms with E-state index >= 15 is 0 Å². The Labute approximate surface area is 111 Å². The van der Waals surface area contributed by atoms with Crippen molar-refractivity contribution in [3.8, 4) is 5.75 Å². The quantitative estimate of drug-likeness (QED) is 0.419. The molecule has 0 aliphatic carbocycles. The molecular weight excluding hydrogens is 250 g/mol. The van der Waals surface area contributed by atoms with Crippen LogP contribution in [0.1, 0.15) is 5.56 Å². The van der Waals surface area contributed by atoms with Crippen molar-refractivity contribution in [3.63, 3.8) is 0 Å². The number of aliphatic hydroxyl groups is 2. The molecule has 0 aliphatic rings. The van der Waals surface area contributed by atoms with Crippen LogP contribution >= 0.6 is 0 Å². The lowest BCUT2D eigenvalue weighted by Gasteiger charge is -2.16. The smallest absolute Gasteiger partial charge is 0.118 e. The lowest BCUT2D eigenvalue weighted by atomic mass is 10.2. The maximum absolute atomic E-state index is 9.63. The minimum atomic E-state index is -1.03. The van der Waals surface area contributed by atoms with Crippen molar-refractivity contribution < 1.29 is 19.7 Å². The van der Waals surface area contributed by atoms with Gasteiger partial charge in [-0.2, -0.15) is 0 Å². The number of methoxy groups -OCH3 is 1. The van der Waals surface area contributed by atoms with Gasteiger partial charge in [-0.1, -0.05) is 17.2 Å². The zero-order valence-corrected chi connectivity index (χ0v) is 10.6. The van der Waals surface area contributed by atoms with Gasteiger partial charge in [-0.25, -0.2) is 0 Å². The molecule has 7 heteroatoms. The van der Waals surface area contributed by atoms with Crippen LogP contribution in [0.2, 0.25) is 0 Å². The van der Waals surface area contributed by atoms with Crippen LogP contribution in [0.25, 0.3) is 10.4 Å². The van der Waals surface area contributed by atoms with Gasteiger partial charge in [0.2, 0.25) is 0 Å². The van der Waals surface area contributed by atoms with Crippen molar-refractivity contribution in [2.24, 2.45) is 5.11 Å². The summed E-state index contributed by atoms with van der Waals surface area (Å²) in [6, 6.07) is 6.43. The second kappa shape index (κ2) is 8.34. The number of benzene rings is 1. The van der Waals surface area contributed by atoms with Gasteiger partial charge >= 0.3 is 0 Å². The summed E-state index contributed by atoms with van der Waals surface area (Å²) in [6.07, 6.45) is -1.03. The van der Waals surface area contributed by atoms with E-state index in [1.807, 2.05) is 24.3 Å². The van der Waals surface area contributed by atoms with Crippen molar-refractivity contribution in [2.75, 3.05) is 20.3 Å². The first kappa shape index (κ1) is 15.3. The summed E-state index contributed by atoms with van der Waals surface area (Å²) >= 11 is 0. The summed E-state index contributed by atoms with van der Waals surface area (Å²) < 4.78 is 10.3. The summed E-state index contributed by atoms with van der Waals surface area (Å²) in [5.41, 5.74) is 9.18. The minimum absolute atomic E-state index is 0.0176. The second-order valence-corrected chi connectivity index (χ2v) is 3.89. The van der Waals surface area contributed by atoms with Gasteiger partial charge in [-0.3, -0.25) is 0 Å². The Morgan fingerprint density at radius 1 is 1.37 bits per heavy atom. The van der Waals surface area contributed by atoms with Crippen molar-refractivity contribution in [2.45, 2.75) is 18.8 Å². The van der Waals surface area contributed by atoms with E-state index in [0.29, 0.717) is 6.61 Å². The second-order valence-electron chi connectivity index (χ2n) is 3.89. The third-order valence-corrected chi connectivity index (χ3v) is 2.55. The van der Waals surface area contributed by atoms with Crippen molar-refractivity contribution in [1.82, 2.24) is 0 Å². The third kappa shape index (κ3) is 5.15. The first-order valence-corrected chi connectivity index (χ1v) is 5.75.